The highest BCUT2D eigenvalue weighted by molar-refractivity contribution is 6.03. The zero-order valence-corrected chi connectivity index (χ0v) is 23.2. The maximum atomic E-state index is 14.4. The summed E-state index contributed by atoms with van der Waals surface area (Å²) in [4.78, 5) is 44.1. The summed E-state index contributed by atoms with van der Waals surface area (Å²) in [6, 6.07) is 6.44. The van der Waals surface area contributed by atoms with Crippen LogP contribution in [0.4, 0.5) is 5.69 Å². The topological polar surface area (TPSA) is 97.0 Å². The van der Waals surface area contributed by atoms with Crippen molar-refractivity contribution in [2.45, 2.75) is 95.0 Å². The molecule has 3 heterocycles. The van der Waals surface area contributed by atoms with Crippen LogP contribution in [0.3, 0.4) is 0 Å². The second-order valence-electron chi connectivity index (χ2n) is 12.3. The van der Waals surface area contributed by atoms with E-state index in [2.05, 4.69) is 24.5 Å². The van der Waals surface area contributed by atoms with Crippen LogP contribution < -0.4 is 15.4 Å². The van der Waals surface area contributed by atoms with E-state index < -0.39 is 29.6 Å². The predicted octanol–water partition coefficient (Wildman–Crippen LogP) is 4.06. The van der Waals surface area contributed by atoms with E-state index in [9.17, 15) is 14.4 Å². The van der Waals surface area contributed by atoms with Gasteiger partial charge in [-0.1, -0.05) is 58.1 Å². The smallest absolute Gasteiger partial charge is 0.246 e. The van der Waals surface area contributed by atoms with E-state index in [-0.39, 0.29) is 35.7 Å². The Morgan fingerprint density at radius 2 is 1.74 bits per heavy atom. The van der Waals surface area contributed by atoms with Crippen LogP contribution in [-0.2, 0) is 19.1 Å². The fraction of sp³-hybridized carbons (Fsp3) is 0.645. The monoisotopic (exact) mass is 535 g/mol. The Hall–Kier alpha value is -2.87. The molecule has 8 nitrogen and oxygen atoms in total. The van der Waals surface area contributed by atoms with Crippen molar-refractivity contribution < 1.29 is 23.9 Å². The second kappa shape index (κ2) is 10.3. The average molecular weight is 536 g/mol. The van der Waals surface area contributed by atoms with E-state index in [0.717, 1.165) is 44.9 Å². The zero-order chi connectivity index (χ0) is 27.3. The van der Waals surface area contributed by atoms with Crippen LogP contribution in [0.15, 0.2) is 36.4 Å². The Balaban J connectivity index is 1.32. The van der Waals surface area contributed by atoms with E-state index in [1.807, 2.05) is 17.1 Å². The highest BCUT2D eigenvalue weighted by Crippen LogP contribution is 2.56. The third kappa shape index (κ3) is 4.35. The number of anilines is 1. The van der Waals surface area contributed by atoms with E-state index in [1.165, 1.54) is 6.42 Å². The first-order chi connectivity index (χ1) is 18.8. The van der Waals surface area contributed by atoms with Crippen molar-refractivity contribution in [2.24, 2.45) is 23.7 Å². The molecule has 3 aliphatic heterocycles. The molecule has 3 amide bonds. The molecule has 1 aromatic carbocycles. The number of fused-ring (bicyclic) bond motifs is 1. The summed E-state index contributed by atoms with van der Waals surface area (Å²) in [5.74, 6) is -0.519. The molecule has 6 rings (SSSR count). The average Bonchev–Trinajstić information content (AvgIpc) is 3.58. The molecule has 2 saturated carbocycles. The van der Waals surface area contributed by atoms with Gasteiger partial charge in [-0.2, -0.15) is 0 Å². The second-order valence-corrected chi connectivity index (χ2v) is 12.3. The van der Waals surface area contributed by atoms with Crippen molar-refractivity contribution in [3.63, 3.8) is 0 Å². The van der Waals surface area contributed by atoms with Gasteiger partial charge in [0.2, 0.25) is 17.7 Å². The van der Waals surface area contributed by atoms with Gasteiger partial charge in [0.1, 0.15) is 17.4 Å². The molecule has 2 saturated heterocycles. The lowest BCUT2D eigenvalue weighted by atomic mass is 9.74. The van der Waals surface area contributed by atoms with Gasteiger partial charge >= 0.3 is 0 Å². The first-order valence-electron chi connectivity index (χ1n) is 14.8. The molecule has 2 bridgehead atoms. The fourth-order valence-corrected chi connectivity index (χ4v) is 7.94. The molecule has 0 radical (unpaired) electrons. The summed E-state index contributed by atoms with van der Waals surface area (Å²) in [6.45, 7) is 4.44. The minimum absolute atomic E-state index is 0.0512. The number of likely N-dealkylation sites (tertiary alicyclic amines) is 1. The Morgan fingerprint density at radius 3 is 2.46 bits per heavy atom. The number of hydrogen-bond donors (Lipinski definition) is 2. The van der Waals surface area contributed by atoms with E-state index >= 15 is 0 Å². The van der Waals surface area contributed by atoms with Crippen LogP contribution in [0.2, 0.25) is 0 Å². The van der Waals surface area contributed by atoms with Gasteiger partial charge in [0.25, 0.3) is 0 Å². The van der Waals surface area contributed by atoms with E-state index in [4.69, 9.17) is 9.47 Å². The molecule has 1 spiro atoms. The van der Waals surface area contributed by atoms with Crippen molar-refractivity contribution in [3.05, 3.63) is 36.4 Å². The Labute approximate surface area is 230 Å². The van der Waals surface area contributed by atoms with Gasteiger partial charge in [-0.3, -0.25) is 14.4 Å². The number of methoxy groups -OCH3 is 1. The van der Waals surface area contributed by atoms with Gasteiger partial charge in [-0.15, -0.1) is 0 Å². The van der Waals surface area contributed by atoms with Crippen LogP contribution in [0.5, 0.6) is 5.75 Å². The van der Waals surface area contributed by atoms with Crippen LogP contribution >= 0.6 is 0 Å². The normalized spacial score (nSPS) is 37.6. The number of ether oxygens (including phenoxy) is 2. The Kier molecular flexibility index (Phi) is 6.94. The van der Waals surface area contributed by atoms with Crippen LogP contribution in [-0.4, -0.2) is 59.6 Å². The van der Waals surface area contributed by atoms with E-state index in [1.54, 1.807) is 31.4 Å². The molecule has 210 valence electrons. The molecule has 1 aromatic rings. The molecule has 2 N–H and O–H groups in total. The molecule has 6 unspecified atom stereocenters. The number of rotatable bonds is 6. The number of nitrogens with one attached hydrogen (secondary N) is 2. The summed E-state index contributed by atoms with van der Waals surface area (Å²) in [5, 5.41) is 6.29. The molecule has 5 aliphatic rings. The van der Waals surface area contributed by atoms with Gasteiger partial charge in [-0.05, 0) is 55.4 Å². The highest BCUT2D eigenvalue weighted by atomic mass is 16.5. The first kappa shape index (κ1) is 26.4. The van der Waals surface area contributed by atoms with Gasteiger partial charge in [0.15, 0.2) is 0 Å². The lowest BCUT2D eigenvalue weighted by Crippen LogP contribution is -2.60. The van der Waals surface area contributed by atoms with Crippen LogP contribution in [0.1, 0.15) is 65.2 Å². The maximum Gasteiger partial charge on any atom is 0.246 e. The molecule has 4 fully saturated rings. The zero-order valence-electron chi connectivity index (χ0n) is 23.2. The minimum Gasteiger partial charge on any atom is -0.497 e. The third-order valence-corrected chi connectivity index (χ3v) is 10.2. The third-order valence-electron chi connectivity index (χ3n) is 10.2. The summed E-state index contributed by atoms with van der Waals surface area (Å²) in [5.41, 5.74) is -0.492. The molecular weight excluding hydrogens is 494 g/mol. The highest BCUT2D eigenvalue weighted by Gasteiger charge is 2.73. The van der Waals surface area contributed by atoms with Crippen molar-refractivity contribution in [1.82, 2.24) is 10.2 Å². The van der Waals surface area contributed by atoms with Gasteiger partial charge in [0.05, 0.1) is 25.0 Å². The largest absolute Gasteiger partial charge is 0.497 e. The number of nitrogens with zero attached hydrogens (tertiary/aromatic N) is 1. The van der Waals surface area contributed by atoms with Crippen molar-refractivity contribution in [1.29, 1.82) is 0 Å². The van der Waals surface area contributed by atoms with Crippen molar-refractivity contribution in [2.75, 3.05) is 12.4 Å². The molecule has 2 aliphatic carbocycles. The van der Waals surface area contributed by atoms with Gasteiger partial charge in [-0.25, -0.2) is 0 Å². The minimum atomic E-state index is -1.12. The van der Waals surface area contributed by atoms with E-state index in [0.29, 0.717) is 17.4 Å². The number of amides is 3. The Morgan fingerprint density at radius 1 is 1.00 bits per heavy atom. The lowest BCUT2D eigenvalue weighted by Gasteiger charge is -2.44. The number of carbonyl (C=O) groups excluding carboxylic acids is 3. The summed E-state index contributed by atoms with van der Waals surface area (Å²) in [6.07, 6.45) is 11.6. The fourth-order valence-electron chi connectivity index (χ4n) is 7.94. The van der Waals surface area contributed by atoms with Crippen molar-refractivity contribution >= 4 is 23.4 Å². The molecule has 39 heavy (non-hydrogen) atoms. The standard InChI is InChI=1S/C31H41N3O5/c1-18-8-7-11-23(19(18)2)34-27(29(36)33-20-9-5-4-6-10-20)31-17-16-24(39-31)25(26(31)30(34)37)28(35)32-21-12-14-22(38-3)15-13-21/h12-20,23-27H,4-11H2,1-3H3,(H,32,35)(H,33,36)/t18?,19?,23?,24-,25?,26-,27?,31?/m1/s1. The Bertz CT molecular complexity index is 1150. The molecule has 8 atom stereocenters. The van der Waals surface area contributed by atoms with Gasteiger partial charge < -0.3 is 25.0 Å². The molecule has 0 aromatic heterocycles. The first-order valence-corrected chi connectivity index (χ1v) is 14.8. The molecular formula is C31H41N3O5. The summed E-state index contributed by atoms with van der Waals surface area (Å²) in [7, 11) is 1.60. The lowest BCUT2D eigenvalue weighted by molar-refractivity contribution is -0.146. The maximum absolute atomic E-state index is 14.4. The van der Waals surface area contributed by atoms with Crippen LogP contribution in [0.25, 0.3) is 0 Å². The van der Waals surface area contributed by atoms with Crippen molar-refractivity contribution in [3.8, 4) is 5.75 Å². The van der Waals surface area contributed by atoms with Crippen LogP contribution in [0, 0.1) is 23.7 Å². The molecule has 8 heteroatoms. The summed E-state index contributed by atoms with van der Waals surface area (Å²) < 4.78 is 11.8. The summed E-state index contributed by atoms with van der Waals surface area (Å²) >= 11 is 0. The predicted molar refractivity (Wildman–Crippen MR) is 147 cm³/mol. The number of benzene rings is 1. The number of carbonyl (C=O) groups is 3. The SMILES string of the molecule is COc1ccc(NC(=O)C2[C@H]3C=CC4(O3)C(C(=O)NC3CCCCC3)N(C3CCCC(C)C3C)C(=O)[C@@H]24)cc1. The number of hydrogen-bond acceptors (Lipinski definition) is 5. The quantitative estimate of drug-likeness (QED) is 0.536. The van der Waals surface area contributed by atoms with Gasteiger partial charge in [0, 0.05) is 17.8 Å².